The fourth-order valence-electron chi connectivity index (χ4n) is 4.94. The zero-order chi connectivity index (χ0) is 22.0. The number of aromatic nitrogens is 1. The predicted octanol–water partition coefficient (Wildman–Crippen LogP) is 3.62. The van der Waals surface area contributed by atoms with E-state index in [1.807, 2.05) is 59.6 Å². The summed E-state index contributed by atoms with van der Waals surface area (Å²) in [5, 5.41) is 0. The van der Waals surface area contributed by atoms with Gasteiger partial charge in [0.2, 0.25) is 0 Å². The standard InChI is InChI=1S/C26H26FN3O2/c27-24-11-5-4-9-22(24)17-29-18-23(21-10-6-12-28-15-21)26(19-29)25(31)30(13-14-32-26)16-20-7-2-1-3-8-20/h1-12,15,23H,13-14,16-19H2/t23-,26-/m1/s1. The van der Waals surface area contributed by atoms with Crippen LogP contribution < -0.4 is 0 Å². The van der Waals surface area contributed by atoms with E-state index in [4.69, 9.17) is 4.74 Å². The highest BCUT2D eigenvalue weighted by atomic mass is 19.1. The van der Waals surface area contributed by atoms with Crippen molar-refractivity contribution in [3.63, 3.8) is 0 Å². The average Bonchev–Trinajstić information content (AvgIpc) is 3.18. The van der Waals surface area contributed by atoms with Gasteiger partial charge in [0.1, 0.15) is 5.82 Å². The first kappa shape index (κ1) is 20.8. The van der Waals surface area contributed by atoms with Crippen LogP contribution in [-0.2, 0) is 22.6 Å². The molecule has 3 heterocycles. The highest BCUT2D eigenvalue weighted by molar-refractivity contribution is 5.88. The molecule has 0 radical (unpaired) electrons. The Kier molecular flexibility index (Phi) is 5.72. The van der Waals surface area contributed by atoms with Crippen LogP contribution in [0.15, 0.2) is 79.1 Å². The summed E-state index contributed by atoms with van der Waals surface area (Å²) in [6.07, 6.45) is 3.54. The van der Waals surface area contributed by atoms with Crippen LogP contribution in [0.5, 0.6) is 0 Å². The molecule has 2 fully saturated rings. The molecule has 3 aromatic rings. The van der Waals surface area contributed by atoms with Gasteiger partial charge in [-0.25, -0.2) is 4.39 Å². The van der Waals surface area contributed by atoms with E-state index < -0.39 is 5.60 Å². The maximum Gasteiger partial charge on any atom is 0.257 e. The summed E-state index contributed by atoms with van der Waals surface area (Å²) in [5.41, 5.74) is 1.69. The fourth-order valence-corrected chi connectivity index (χ4v) is 4.94. The highest BCUT2D eigenvalue weighted by Gasteiger charge is 2.57. The molecule has 1 aromatic heterocycles. The lowest BCUT2D eigenvalue weighted by Crippen LogP contribution is -2.59. The van der Waals surface area contributed by atoms with Crippen LogP contribution in [0.4, 0.5) is 4.39 Å². The van der Waals surface area contributed by atoms with Gasteiger partial charge in [-0.2, -0.15) is 0 Å². The molecule has 1 spiro atoms. The topological polar surface area (TPSA) is 45.7 Å². The van der Waals surface area contributed by atoms with E-state index in [0.717, 1.165) is 11.1 Å². The van der Waals surface area contributed by atoms with E-state index in [0.29, 0.717) is 44.9 Å². The minimum absolute atomic E-state index is 0.00232. The Morgan fingerprint density at radius 1 is 1.03 bits per heavy atom. The number of carbonyl (C=O) groups excluding carboxylic acids is 1. The molecular formula is C26H26FN3O2. The molecule has 2 aliphatic heterocycles. The second kappa shape index (κ2) is 8.81. The first-order valence-electron chi connectivity index (χ1n) is 11.0. The largest absolute Gasteiger partial charge is 0.361 e. The summed E-state index contributed by atoms with van der Waals surface area (Å²) in [5.74, 6) is -0.403. The second-order valence-corrected chi connectivity index (χ2v) is 8.55. The highest BCUT2D eigenvalue weighted by Crippen LogP contribution is 2.42. The monoisotopic (exact) mass is 431 g/mol. The van der Waals surface area contributed by atoms with Gasteiger partial charge in [-0.3, -0.25) is 14.7 Å². The quantitative estimate of drug-likeness (QED) is 0.619. The zero-order valence-electron chi connectivity index (χ0n) is 17.9. The number of carbonyl (C=O) groups is 1. The smallest absolute Gasteiger partial charge is 0.257 e. The van der Waals surface area contributed by atoms with Crippen molar-refractivity contribution in [2.75, 3.05) is 26.2 Å². The molecule has 6 heteroatoms. The van der Waals surface area contributed by atoms with Crippen molar-refractivity contribution in [3.8, 4) is 0 Å². The van der Waals surface area contributed by atoms with Crippen LogP contribution in [0, 0.1) is 5.82 Å². The molecule has 2 saturated heterocycles. The molecule has 2 aromatic carbocycles. The summed E-state index contributed by atoms with van der Waals surface area (Å²) < 4.78 is 20.7. The number of nitrogens with zero attached hydrogens (tertiary/aromatic N) is 3. The Hall–Kier alpha value is -3.09. The van der Waals surface area contributed by atoms with Crippen molar-refractivity contribution in [2.24, 2.45) is 0 Å². The lowest BCUT2D eigenvalue weighted by Gasteiger charge is -2.42. The predicted molar refractivity (Wildman–Crippen MR) is 119 cm³/mol. The number of amides is 1. The lowest BCUT2D eigenvalue weighted by molar-refractivity contribution is -0.173. The van der Waals surface area contributed by atoms with E-state index in [9.17, 15) is 9.18 Å². The SMILES string of the molecule is O=C1N(Cc2ccccc2)CCO[C@@]12CN(Cc1ccccc1F)C[C@@H]2c1cccnc1. The van der Waals surface area contributed by atoms with Gasteiger partial charge < -0.3 is 9.64 Å². The number of hydrogen-bond acceptors (Lipinski definition) is 4. The first-order valence-corrected chi connectivity index (χ1v) is 11.0. The van der Waals surface area contributed by atoms with E-state index in [2.05, 4.69) is 9.88 Å². The number of benzene rings is 2. The van der Waals surface area contributed by atoms with Crippen LogP contribution in [0.2, 0.25) is 0 Å². The van der Waals surface area contributed by atoms with Crippen LogP contribution in [0.1, 0.15) is 22.6 Å². The summed E-state index contributed by atoms with van der Waals surface area (Å²) in [4.78, 5) is 22.2. The minimum atomic E-state index is -0.999. The molecule has 0 unspecified atom stereocenters. The van der Waals surface area contributed by atoms with E-state index >= 15 is 0 Å². The molecule has 0 aliphatic carbocycles. The number of likely N-dealkylation sites (tertiary alicyclic amines) is 1. The molecule has 5 rings (SSSR count). The molecule has 0 bridgehead atoms. The Labute approximate surface area is 187 Å². The third-order valence-corrected chi connectivity index (χ3v) is 6.49. The fraction of sp³-hybridized carbons (Fsp3) is 0.308. The van der Waals surface area contributed by atoms with Gasteiger partial charge in [-0.15, -0.1) is 0 Å². The Morgan fingerprint density at radius 3 is 2.62 bits per heavy atom. The maximum atomic E-state index is 14.3. The average molecular weight is 432 g/mol. The Bertz CT molecular complexity index is 1080. The number of morpholine rings is 1. The van der Waals surface area contributed by atoms with Gasteiger partial charge in [0.25, 0.3) is 5.91 Å². The Morgan fingerprint density at radius 2 is 1.84 bits per heavy atom. The molecule has 0 N–H and O–H groups in total. The molecule has 2 aliphatic rings. The van der Waals surface area contributed by atoms with Crippen molar-refractivity contribution in [2.45, 2.75) is 24.6 Å². The molecule has 5 nitrogen and oxygen atoms in total. The van der Waals surface area contributed by atoms with Gasteiger partial charge in [0.05, 0.1) is 6.61 Å². The minimum Gasteiger partial charge on any atom is -0.361 e. The molecular weight excluding hydrogens is 405 g/mol. The summed E-state index contributed by atoms with van der Waals surface area (Å²) in [6.45, 7) is 3.04. The van der Waals surface area contributed by atoms with E-state index in [-0.39, 0.29) is 17.6 Å². The third kappa shape index (κ3) is 3.92. The van der Waals surface area contributed by atoms with Gasteiger partial charge >= 0.3 is 0 Å². The van der Waals surface area contributed by atoms with Crippen LogP contribution in [0.25, 0.3) is 0 Å². The van der Waals surface area contributed by atoms with E-state index in [1.165, 1.54) is 6.07 Å². The molecule has 2 atom stereocenters. The molecule has 1 amide bonds. The van der Waals surface area contributed by atoms with Crippen LogP contribution in [-0.4, -0.2) is 52.5 Å². The number of rotatable bonds is 5. The van der Waals surface area contributed by atoms with Crippen molar-refractivity contribution < 1.29 is 13.9 Å². The van der Waals surface area contributed by atoms with E-state index in [1.54, 1.807) is 18.3 Å². The summed E-state index contributed by atoms with van der Waals surface area (Å²) >= 11 is 0. The van der Waals surface area contributed by atoms with Gasteiger partial charge in [-0.05, 0) is 23.3 Å². The van der Waals surface area contributed by atoms with Crippen LogP contribution in [0.3, 0.4) is 0 Å². The van der Waals surface area contributed by atoms with Crippen molar-refractivity contribution in [1.29, 1.82) is 0 Å². The molecule has 164 valence electrons. The van der Waals surface area contributed by atoms with Crippen molar-refractivity contribution >= 4 is 5.91 Å². The van der Waals surface area contributed by atoms with Gasteiger partial charge in [0.15, 0.2) is 5.60 Å². The molecule has 0 saturated carbocycles. The molecule has 32 heavy (non-hydrogen) atoms. The number of ether oxygens (including phenoxy) is 1. The number of halogens is 1. The van der Waals surface area contributed by atoms with Gasteiger partial charge in [-0.1, -0.05) is 54.6 Å². The van der Waals surface area contributed by atoms with Crippen molar-refractivity contribution in [3.05, 3.63) is 102 Å². The maximum absolute atomic E-state index is 14.3. The van der Waals surface area contributed by atoms with Crippen molar-refractivity contribution in [1.82, 2.24) is 14.8 Å². The Balaban J connectivity index is 1.45. The number of pyridine rings is 1. The third-order valence-electron chi connectivity index (χ3n) is 6.49. The number of hydrogen-bond donors (Lipinski definition) is 0. The lowest BCUT2D eigenvalue weighted by atomic mass is 9.83. The normalized spacial score (nSPS) is 23.7. The summed E-state index contributed by atoms with van der Waals surface area (Å²) in [7, 11) is 0. The second-order valence-electron chi connectivity index (χ2n) is 8.55. The summed E-state index contributed by atoms with van der Waals surface area (Å²) in [6, 6.07) is 20.7. The van der Waals surface area contributed by atoms with Gasteiger partial charge in [0, 0.05) is 56.6 Å². The first-order chi connectivity index (χ1) is 15.7. The van der Waals surface area contributed by atoms with Crippen LogP contribution >= 0.6 is 0 Å². The zero-order valence-corrected chi connectivity index (χ0v) is 17.9.